The number of nitro groups is 1. The highest BCUT2D eigenvalue weighted by Crippen LogP contribution is 2.17. The molecule has 0 spiro atoms. The van der Waals surface area contributed by atoms with E-state index in [4.69, 9.17) is 4.74 Å². The average molecular weight is 236 g/mol. The van der Waals surface area contributed by atoms with Crippen LogP contribution in [0.3, 0.4) is 0 Å². The van der Waals surface area contributed by atoms with Crippen molar-refractivity contribution in [3.05, 3.63) is 46.8 Å². The van der Waals surface area contributed by atoms with Gasteiger partial charge in [-0.2, -0.15) is 0 Å². The fraction of sp³-hybridized carbons (Fsp3) is 0.200. The van der Waals surface area contributed by atoms with Crippen LogP contribution >= 0.6 is 0 Å². The van der Waals surface area contributed by atoms with Gasteiger partial charge < -0.3 is 10.2 Å². The van der Waals surface area contributed by atoms with Crippen LogP contribution in [0.25, 0.3) is 0 Å². The molecule has 0 aliphatic carbocycles. The fourth-order valence-corrected chi connectivity index (χ4v) is 1.34. The zero-order valence-corrected chi connectivity index (χ0v) is 9.00. The van der Waals surface area contributed by atoms with Gasteiger partial charge in [-0.25, -0.2) is 0 Å². The second kappa shape index (κ2) is 5.17. The predicted molar refractivity (Wildman–Crippen MR) is 60.7 cm³/mol. The van der Waals surface area contributed by atoms with E-state index in [0.717, 1.165) is 0 Å². The van der Waals surface area contributed by atoms with Gasteiger partial charge in [-0.05, 0) is 12.1 Å². The predicted octanol–water partition coefficient (Wildman–Crippen LogP) is 0.770. The van der Waals surface area contributed by atoms with E-state index >= 15 is 0 Å². The molecule has 0 fully saturated rings. The third-order valence-electron chi connectivity index (χ3n) is 2.19. The molecule has 7 heteroatoms. The Kier molecular flexibility index (Phi) is 3.41. The molecule has 0 radical (unpaired) electrons. The highest BCUT2D eigenvalue weighted by atomic mass is 16.6. The summed E-state index contributed by atoms with van der Waals surface area (Å²) in [6, 6.07) is 6.02. The van der Waals surface area contributed by atoms with Crippen molar-refractivity contribution >= 4 is 5.69 Å². The highest BCUT2D eigenvalue weighted by Gasteiger charge is 2.05. The van der Waals surface area contributed by atoms with Crippen molar-refractivity contribution in [1.82, 2.24) is 16.0 Å². The normalized spacial score (nSPS) is 13.5. The molecule has 2 N–H and O–H groups in total. The van der Waals surface area contributed by atoms with Gasteiger partial charge in [-0.1, -0.05) is 0 Å². The minimum absolute atomic E-state index is 0.0608. The second-order valence-corrected chi connectivity index (χ2v) is 3.36. The lowest BCUT2D eigenvalue weighted by Crippen LogP contribution is -2.37. The SMILES string of the molecule is O=[N+]([O-])c1ccc(OCCN2C=CNN2)cc1. The maximum absolute atomic E-state index is 10.4. The number of ether oxygens (including phenoxy) is 1. The zero-order chi connectivity index (χ0) is 12.1. The molecule has 0 unspecified atom stereocenters. The van der Waals surface area contributed by atoms with E-state index in [9.17, 15) is 10.1 Å². The van der Waals surface area contributed by atoms with Gasteiger partial charge in [0.25, 0.3) is 5.69 Å². The molecule has 1 heterocycles. The molecule has 0 amide bonds. The summed E-state index contributed by atoms with van der Waals surface area (Å²) in [5.41, 5.74) is 5.74. The highest BCUT2D eigenvalue weighted by molar-refractivity contribution is 5.35. The molecule has 7 nitrogen and oxygen atoms in total. The van der Waals surface area contributed by atoms with Crippen molar-refractivity contribution in [1.29, 1.82) is 0 Å². The van der Waals surface area contributed by atoms with Crippen LogP contribution in [0.5, 0.6) is 5.75 Å². The Morgan fingerprint density at radius 3 is 2.71 bits per heavy atom. The Hall–Kier alpha value is -2.28. The van der Waals surface area contributed by atoms with E-state index in [1.165, 1.54) is 12.1 Å². The summed E-state index contributed by atoms with van der Waals surface area (Å²) in [6.45, 7) is 1.15. The van der Waals surface area contributed by atoms with Crippen molar-refractivity contribution in [3.8, 4) is 5.75 Å². The molecular weight excluding hydrogens is 224 g/mol. The maximum atomic E-state index is 10.4. The van der Waals surface area contributed by atoms with Gasteiger partial charge in [0.15, 0.2) is 0 Å². The van der Waals surface area contributed by atoms with E-state index in [1.54, 1.807) is 18.3 Å². The van der Waals surface area contributed by atoms with Crippen LogP contribution in [0.2, 0.25) is 0 Å². The first-order chi connectivity index (χ1) is 8.25. The smallest absolute Gasteiger partial charge is 0.269 e. The molecular formula is C10H12N4O3. The second-order valence-electron chi connectivity index (χ2n) is 3.36. The standard InChI is InChI=1S/C10H12N4O3/c15-14(16)9-1-3-10(4-2-9)17-8-7-13-6-5-11-12-13/h1-6,11-12H,7-8H2. The van der Waals surface area contributed by atoms with Crippen LogP contribution in [0.15, 0.2) is 36.7 Å². The molecule has 1 aromatic carbocycles. The molecule has 2 rings (SSSR count). The topological polar surface area (TPSA) is 79.7 Å². The molecule has 0 aromatic heterocycles. The van der Waals surface area contributed by atoms with Crippen LogP contribution in [0.1, 0.15) is 0 Å². The van der Waals surface area contributed by atoms with Crippen LogP contribution in [-0.2, 0) is 0 Å². The molecule has 1 aliphatic rings. The van der Waals surface area contributed by atoms with E-state index < -0.39 is 4.92 Å². The number of hydrogen-bond donors (Lipinski definition) is 2. The first-order valence-corrected chi connectivity index (χ1v) is 5.07. The molecule has 0 atom stereocenters. The van der Waals surface area contributed by atoms with E-state index in [1.807, 2.05) is 11.2 Å². The quantitative estimate of drug-likeness (QED) is 0.580. The minimum Gasteiger partial charge on any atom is -0.492 e. The van der Waals surface area contributed by atoms with Crippen LogP contribution < -0.4 is 15.7 Å². The summed E-state index contributed by atoms with van der Waals surface area (Å²) in [4.78, 5) is 10.00. The Labute approximate surface area is 97.8 Å². The lowest BCUT2D eigenvalue weighted by Gasteiger charge is -2.15. The molecule has 0 bridgehead atoms. The third-order valence-corrected chi connectivity index (χ3v) is 2.19. The van der Waals surface area contributed by atoms with Crippen LogP contribution in [0, 0.1) is 10.1 Å². The Balaban J connectivity index is 1.78. The van der Waals surface area contributed by atoms with Crippen molar-refractivity contribution in [2.45, 2.75) is 0 Å². The van der Waals surface area contributed by atoms with Gasteiger partial charge in [0.2, 0.25) is 0 Å². The number of nitrogens with zero attached hydrogens (tertiary/aromatic N) is 2. The Bertz CT molecular complexity index is 418. The Morgan fingerprint density at radius 2 is 2.12 bits per heavy atom. The number of nitrogens with one attached hydrogen (secondary N) is 2. The van der Waals surface area contributed by atoms with E-state index in [0.29, 0.717) is 18.9 Å². The number of benzene rings is 1. The summed E-state index contributed by atoms with van der Waals surface area (Å²) in [6.07, 6.45) is 3.62. The number of hydrazine groups is 2. The molecule has 0 saturated carbocycles. The molecule has 90 valence electrons. The number of rotatable bonds is 5. The summed E-state index contributed by atoms with van der Waals surface area (Å²) in [5, 5.41) is 12.3. The monoisotopic (exact) mass is 236 g/mol. The number of non-ortho nitro benzene ring substituents is 1. The summed E-state index contributed by atoms with van der Waals surface area (Å²) < 4.78 is 5.44. The number of nitro benzene ring substituents is 1. The Morgan fingerprint density at radius 1 is 1.35 bits per heavy atom. The first kappa shape index (κ1) is 11.2. The van der Waals surface area contributed by atoms with Gasteiger partial charge in [-0.15, -0.1) is 5.53 Å². The lowest BCUT2D eigenvalue weighted by molar-refractivity contribution is -0.384. The zero-order valence-electron chi connectivity index (χ0n) is 9.00. The van der Waals surface area contributed by atoms with Crippen molar-refractivity contribution < 1.29 is 9.66 Å². The van der Waals surface area contributed by atoms with E-state index in [2.05, 4.69) is 11.0 Å². The van der Waals surface area contributed by atoms with Gasteiger partial charge in [0.05, 0.1) is 11.5 Å². The summed E-state index contributed by atoms with van der Waals surface area (Å²) >= 11 is 0. The maximum Gasteiger partial charge on any atom is 0.269 e. The lowest BCUT2D eigenvalue weighted by atomic mass is 10.3. The largest absolute Gasteiger partial charge is 0.492 e. The number of hydrogen-bond acceptors (Lipinski definition) is 6. The average Bonchev–Trinajstić information content (AvgIpc) is 2.83. The van der Waals surface area contributed by atoms with Crippen LogP contribution in [0.4, 0.5) is 5.69 Å². The first-order valence-electron chi connectivity index (χ1n) is 5.07. The van der Waals surface area contributed by atoms with Gasteiger partial charge in [-0.3, -0.25) is 15.1 Å². The van der Waals surface area contributed by atoms with Crippen molar-refractivity contribution in [2.24, 2.45) is 0 Å². The van der Waals surface area contributed by atoms with Crippen molar-refractivity contribution in [2.75, 3.05) is 13.2 Å². The molecule has 1 aromatic rings. The third kappa shape index (κ3) is 3.08. The van der Waals surface area contributed by atoms with Gasteiger partial charge in [0.1, 0.15) is 12.4 Å². The fourth-order valence-electron chi connectivity index (χ4n) is 1.34. The van der Waals surface area contributed by atoms with Crippen molar-refractivity contribution in [3.63, 3.8) is 0 Å². The van der Waals surface area contributed by atoms with Gasteiger partial charge >= 0.3 is 0 Å². The van der Waals surface area contributed by atoms with Gasteiger partial charge in [0, 0.05) is 24.5 Å². The molecule has 17 heavy (non-hydrogen) atoms. The van der Waals surface area contributed by atoms with E-state index in [-0.39, 0.29) is 5.69 Å². The molecule has 0 saturated heterocycles. The molecule has 1 aliphatic heterocycles. The summed E-state index contributed by atoms with van der Waals surface area (Å²) in [5.74, 6) is 0.617. The van der Waals surface area contributed by atoms with Crippen LogP contribution in [-0.4, -0.2) is 23.1 Å². The summed E-state index contributed by atoms with van der Waals surface area (Å²) in [7, 11) is 0. The minimum atomic E-state index is -0.436.